The standard InChI is InChI=1S/C28H32N2O2S/c1-4-20(3)30(28(32)23-13-11-21(5-2)12-14-23)19-26(31)29-17-15-25-24(16-18-33-25)27(29)22-9-7-6-8-10-22/h6-14,16,18,20,27H,4-5,15,17,19H2,1-3H3. The van der Waals surface area contributed by atoms with Crippen molar-refractivity contribution in [1.29, 1.82) is 0 Å². The van der Waals surface area contributed by atoms with Gasteiger partial charge < -0.3 is 9.80 Å². The zero-order valence-electron chi connectivity index (χ0n) is 19.7. The average Bonchev–Trinajstić information content (AvgIpc) is 3.35. The molecule has 0 aliphatic carbocycles. The van der Waals surface area contributed by atoms with E-state index in [0.717, 1.165) is 24.8 Å². The van der Waals surface area contributed by atoms with Crippen LogP contribution >= 0.6 is 11.3 Å². The Bertz CT molecular complexity index is 1090. The molecule has 4 rings (SSSR count). The van der Waals surface area contributed by atoms with Crippen LogP contribution in [0.5, 0.6) is 0 Å². The molecule has 1 aliphatic rings. The van der Waals surface area contributed by atoms with Crippen molar-refractivity contribution in [2.45, 2.75) is 52.1 Å². The fourth-order valence-electron chi connectivity index (χ4n) is 4.51. The number of amides is 2. The lowest BCUT2D eigenvalue weighted by Gasteiger charge is -2.38. The predicted octanol–water partition coefficient (Wildman–Crippen LogP) is 5.73. The van der Waals surface area contributed by atoms with Crippen LogP contribution in [0.25, 0.3) is 0 Å². The van der Waals surface area contributed by atoms with E-state index in [1.807, 2.05) is 54.3 Å². The summed E-state index contributed by atoms with van der Waals surface area (Å²) in [5.74, 6) is -0.0793. The van der Waals surface area contributed by atoms with Crippen LogP contribution in [0.2, 0.25) is 0 Å². The number of carbonyl (C=O) groups excluding carboxylic acids is 2. The second-order valence-corrected chi connectivity index (χ2v) is 9.69. The third-order valence-electron chi connectivity index (χ3n) is 6.70. The van der Waals surface area contributed by atoms with Gasteiger partial charge >= 0.3 is 0 Å². The number of hydrogen-bond acceptors (Lipinski definition) is 3. The summed E-state index contributed by atoms with van der Waals surface area (Å²) in [6.45, 7) is 6.93. The second-order valence-electron chi connectivity index (χ2n) is 8.69. The minimum Gasteiger partial charge on any atom is -0.330 e. The maximum atomic E-state index is 13.7. The zero-order chi connectivity index (χ0) is 23.4. The van der Waals surface area contributed by atoms with Crippen molar-refractivity contribution >= 4 is 23.2 Å². The summed E-state index contributed by atoms with van der Waals surface area (Å²) in [6, 6.07) is 20.0. The molecule has 0 fully saturated rings. The molecular weight excluding hydrogens is 428 g/mol. The van der Waals surface area contributed by atoms with Crippen molar-refractivity contribution in [1.82, 2.24) is 9.80 Å². The van der Waals surface area contributed by atoms with Crippen LogP contribution in [0.3, 0.4) is 0 Å². The van der Waals surface area contributed by atoms with Gasteiger partial charge in [-0.1, -0.05) is 56.3 Å². The Labute approximate surface area is 200 Å². The lowest BCUT2D eigenvalue weighted by molar-refractivity contribution is -0.134. The molecule has 33 heavy (non-hydrogen) atoms. The Morgan fingerprint density at radius 1 is 1.06 bits per heavy atom. The molecule has 0 saturated heterocycles. The van der Waals surface area contributed by atoms with Gasteiger partial charge in [-0.3, -0.25) is 9.59 Å². The highest BCUT2D eigenvalue weighted by molar-refractivity contribution is 7.10. The summed E-state index contributed by atoms with van der Waals surface area (Å²) in [6.07, 6.45) is 2.59. The highest BCUT2D eigenvalue weighted by Crippen LogP contribution is 2.37. The number of hydrogen-bond donors (Lipinski definition) is 0. The van der Waals surface area contributed by atoms with E-state index in [4.69, 9.17) is 0 Å². The van der Waals surface area contributed by atoms with Crippen molar-refractivity contribution in [2.24, 2.45) is 0 Å². The monoisotopic (exact) mass is 460 g/mol. The number of rotatable bonds is 7. The van der Waals surface area contributed by atoms with Crippen molar-refractivity contribution in [2.75, 3.05) is 13.1 Å². The molecule has 172 valence electrons. The van der Waals surface area contributed by atoms with Crippen LogP contribution in [-0.4, -0.2) is 40.7 Å². The van der Waals surface area contributed by atoms with Crippen LogP contribution in [0.4, 0.5) is 0 Å². The van der Waals surface area contributed by atoms with Crippen molar-refractivity contribution in [3.05, 3.63) is 93.2 Å². The summed E-state index contributed by atoms with van der Waals surface area (Å²) in [5, 5.41) is 2.11. The van der Waals surface area contributed by atoms with Gasteiger partial charge in [0.1, 0.15) is 6.54 Å². The molecule has 0 N–H and O–H groups in total. The maximum absolute atomic E-state index is 13.7. The normalized spacial score (nSPS) is 16.2. The van der Waals surface area contributed by atoms with E-state index in [-0.39, 0.29) is 30.4 Å². The Balaban J connectivity index is 1.61. The van der Waals surface area contributed by atoms with Crippen molar-refractivity contribution < 1.29 is 9.59 Å². The highest BCUT2D eigenvalue weighted by atomic mass is 32.1. The van der Waals surface area contributed by atoms with Gasteiger partial charge in [0.2, 0.25) is 5.91 Å². The van der Waals surface area contributed by atoms with E-state index in [9.17, 15) is 9.59 Å². The topological polar surface area (TPSA) is 40.6 Å². The van der Waals surface area contributed by atoms with Crippen LogP contribution in [0.15, 0.2) is 66.0 Å². The minimum atomic E-state index is -0.105. The van der Waals surface area contributed by atoms with E-state index in [2.05, 4.69) is 37.4 Å². The smallest absolute Gasteiger partial charge is 0.254 e. The Kier molecular flexibility index (Phi) is 7.29. The number of nitrogens with zero attached hydrogens (tertiary/aromatic N) is 2. The quantitative estimate of drug-likeness (QED) is 0.452. The Morgan fingerprint density at radius 2 is 1.79 bits per heavy atom. The fourth-order valence-corrected chi connectivity index (χ4v) is 5.42. The second kappa shape index (κ2) is 10.3. The van der Waals surface area contributed by atoms with E-state index in [0.29, 0.717) is 12.1 Å². The number of carbonyl (C=O) groups is 2. The van der Waals surface area contributed by atoms with Crippen LogP contribution in [0, 0.1) is 0 Å². The van der Waals surface area contributed by atoms with Gasteiger partial charge in [0.25, 0.3) is 5.91 Å². The number of aryl methyl sites for hydroxylation is 1. The summed E-state index contributed by atoms with van der Waals surface area (Å²) in [4.78, 5) is 32.2. The summed E-state index contributed by atoms with van der Waals surface area (Å²) in [5.41, 5.74) is 4.16. The minimum absolute atomic E-state index is 0.000434. The SMILES string of the molecule is CCc1ccc(C(=O)N(CC(=O)N2CCc3sccc3C2c2ccccc2)C(C)CC)cc1. The first-order valence-corrected chi connectivity index (χ1v) is 12.7. The molecule has 0 spiro atoms. The van der Waals surface area contributed by atoms with Gasteiger partial charge in [-0.2, -0.15) is 0 Å². The average molecular weight is 461 g/mol. The summed E-state index contributed by atoms with van der Waals surface area (Å²) < 4.78 is 0. The third-order valence-corrected chi connectivity index (χ3v) is 7.70. The molecule has 0 saturated carbocycles. The molecule has 0 radical (unpaired) electrons. The van der Waals surface area contributed by atoms with E-state index in [1.165, 1.54) is 16.0 Å². The first-order chi connectivity index (χ1) is 16.0. The molecular formula is C28H32N2O2S. The molecule has 2 aromatic carbocycles. The molecule has 2 unspecified atom stereocenters. The summed E-state index contributed by atoms with van der Waals surface area (Å²) in [7, 11) is 0. The Morgan fingerprint density at radius 3 is 2.45 bits per heavy atom. The first-order valence-electron chi connectivity index (χ1n) is 11.8. The largest absolute Gasteiger partial charge is 0.330 e. The van der Waals surface area contributed by atoms with Gasteiger partial charge in [-0.25, -0.2) is 0 Å². The molecule has 1 aliphatic heterocycles. The van der Waals surface area contributed by atoms with E-state index >= 15 is 0 Å². The molecule has 5 heteroatoms. The summed E-state index contributed by atoms with van der Waals surface area (Å²) >= 11 is 1.76. The molecule has 1 aromatic heterocycles. The molecule has 2 amide bonds. The lowest BCUT2D eigenvalue weighted by atomic mass is 9.93. The van der Waals surface area contributed by atoms with Gasteiger partial charge in [-0.15, -0.1) is 11.3 Å². The van der Waals surface area contributed by atoms with Gasteiger partial charge in [0.15, 0.2) is 0 Å². The van der Waals surface area contributed by atoms with Crippen LogP contribution < -0.4 is 0 Å². The van der Waals surface area contributed by atoms with E-state index < -0.39 is 0 Å². The lowest BCUT2D eigenvalue weighted by Crippen LogP contribution is -2.49. The number of thiophene rings is 1. The van der Waals surface area contributed by atoms with Gasteiger partial charge in [-0.05, 0) is 66.5 Å². The van der Waals surface area contributed by atoms with Gasteiger partial charge in [0.05, 0.1) is 6.04 Å². The number of fused-ring (bicyclic) bond motifs is 1. The van der Waals surface area contributed by atoms with Crippen LogP contribution in [-0.2, 0) is 17.6 Å². The number of benzene rings is 2. The zero-order valence-corrected chi connectivity index (χ0v) is 20.5. The third kappa shape index (κ3) is 4.88. The Hall–Kier alpha value is -2.92. The maximum Gasteiger partial charge on any atom is 0.254 e. The molecule has 2 heterocycles. The first kappa shape index (κ1) is 23.2. The predicted molar refractivity (Wildman–Crippen MR) is 135 cm³/mol. The molecule has 0 bridgehead atoms. The fraction of sp³-hybridized carbons (Fsp3) is 0.357. The molecule has 4 nitrogen and oxygen atoms in total. The molecule has 2 atom stereocenters. The van der Waals surface area contributed by atoms with E-state index in [1.54, 1.807) is 16.2 Å². The van der Waals surface area contributed by atoms with Crippen LogP contribution in [0.1, 0.15) is 65.2 Å². The van der Waals surface area contributed by atoms with Gasteiger partial charge in [0, 0.05) is 23.0 Å². The highest BCUT2D eigenvalue weighted by Gasteiger charge is 2.34. The molecule has 3 aromatic rings. The van der Waals surface area contributed by atoms with Crippen molar-refractivity contribution in [3.63, 3.8) is 0 Å². The van der Waals surface area contributed by atoms with Crippen molar-refractivity contribution in [3.8, 4) is 0 Å².